The summed E-state index contributed by atoms with van der Waals surface area (Å²) in [4.78, 5) is 40.5. The van der Waals surface area contributed by atoms with Gasteiger partial charge in [0, 0.05) is 48.3 Å². The Balaban J connectivity index is 0.00000432. The second-order valence-electron chi connectivity index (χ2n) is 13.8. The lowest BCUT2D eigenvalue weighted by Gasteiger charge is -2.28. The van der Waals surface area contributed by atoms with E-state index in [1.807, 2.05) is 61.5 Å². The number of nitrogens with one attached hydrogen (secondary N) is 5. The van der Waals surface area contributed by atoms with E-state index >= 15 is 0 Å². The lowest BCUT2D eigenvalue weighted by atomic mass is 9.81. The second kappa shape index (κ2) is 15.5. The number of fused-ring (bicyclic) bond motifs is 1. The Bertz CT molecular complexity index is 1800. The van der Waals surface area contributed by atoms with Crippen LogP contribution in [0.4, 0.5) is 5.69 Å². The number of H-pyrrole nitrogens is 1. The van der Waals surface area contributed by atoms with E-state index in [0.29, 0.717) is 47.8 Å². The number of halogens is 1. The molecule has 3 fully saturated rings. The highest BCUT2D eigenvalue weighted by Gasteiger charge is 2.53. The molecule has 0 bridgehead atoms. The summed E-state index contributed by atoms with van der Waals surface area (Å²) in [6, 6.07) is 20.4. The number of aryl methyl sites for hydroxylation is 1. The summed E-state index contributed by atoms with van der Waals surface area (Å²) in [5, 5.41) is 26.6. The molecule has 1 aliphatic heterocycles. The standard InChI is InChI=1S/C37H43N9O3.ClH/c1-21-5-8-27(36(48)42-33-30-19-39-20-31(30)33)17-29(21)26-4-2-3-23(15-26)16-32(41-35(47)25-9-6-22(18-38)7-10-25)37(49)40-28-13-11-24(12-14-28)34-43-45-46-44-34;/h2-5,8,11-15,17,22,25,30-33,39H,6-7,9-10,16,18-20,38H2,1H3,(H,40,49)(H,41,47)(H,42,48)(H,43,44,45,46);1H/t22-,25-,30?,31?,32-,33?;/m0./s1. The highest BCUT2D eigenvalue weighted by Crippen LogP contribution is 2.41. The van der Waals surface area contributed by atoms with Gasteiger partial charge >= 0.3 is 0 Å². The Morgan fingerprint density at radius 2 is 1.70 bits per heavy atom. The molecule has 262 valence electrons. The van der Waals surface area contributed by atoms with E-state index in [1.165, 1.54) is 0 Å². The molecule has 1 aromatic heterocycles. The predicted octanol–water partition coefficient (Wildman–Crippen LogP) is 3.64. The van der Waals surface area contributed by atoms with E-state index in [1.54, 1.807) is 12.1 Å². The summed E-state index contributed by atoms with van der Waals surface area (Å²) in [7, 11) is 0. The normalized spacial score (nSPS) is 22.8. The van der Waals surface area contributed by atoms with Crippen molar-refractivity contribution >= 4 is 35.8 Å². The number of aromatic nitrogens is 4. The average molecular weight is 698 g/mol. The number of aromatic amines is 1. The van der Waals surface area contributed by atoms with Gasteiger partial charge in [0.05, 0.1) is 0 Å². The molecule has 7 rings (SSSR count). The summed E-state index contributed by atoms with van der Waals surface area (Å²) in [5.41, 5.74) is 11.7. The molecule has 3 aliphatic rings. The van der Waals surface area contributed by atoms with Crippen LogP contribution in [0.3, 0.4) is 0 Å². The highest BCUT2D eigenvalue weighted by molar-refractivity contribution is 5.98. The van der Waals surface area contributed by atoms with Crippen LogP contribution in [0.2, 0.25) is 0 Å². The molecule has 1 saturated heterocycles. The van der Waals surface area contributed by atoms with Gasteiger partial charge in [0.25, 0.3) is 5.91 Å². The third-order valence-electron chi connectivity index (χ3n) is 10.5. The van der Waals surface area contributed by atoms with Gasteiger partial charge in [-0.2, -0.15) is 0 Å². The van der Waals surface area contributed by atoms with Crippen molar-refractivity contribution in [1.82, 2.24) is 36.6 Å². The molecule has 2 aliphatic carbocycles. The van der Waals surface area contributed by atoms with Crippen molar-refractivity contribution in [3.63, 3.8) is 0 Å². The quantitative estimate of drug-likeness (QED) is 0.137. The van der Waals surface area contributed by atoms with Crippen molar-refractivity contribution in [2.24, 2.45) is 29.4 Å². The summed E-state index contributed by atoms with van der Waals surface area (Å²) < 4.78 is 0. The topological polar surface area (TPSA) is 180 Å². The van der Waals surface area contributed by atoms with Gasteiger partial charge in [0.15, 0.2) is 5.82 Å². The van der Waals surface area contributed by atoms with Crippen LogP contribution in [0.25, 0.3) is 22.5 Å². The first kappa shape index (κ1) is 35.2. The molecular weight excluding hydrogens is 654 g/mol. The van der Waals surface area contributed by atoms with E-state index in [-0.39, 0.29) is 42.1 Å². The number of tetrazole rings is 1. The Kier molecular flexibility index (Phi) is 10.9. The first-order valence-corrected chi connectivity index (χ1v) is 17.2. The number of hydrogen-bond donors (Lipinski definition) is 6. The Hall–Kier alpha value is -4.65. The van der Waals surface area contributed by atoms with Crippen molar-refractivity contribution in [1.29, 1.82) is 0 Å². The molecule has 2 unspecified atom stereocenters. The molecule has 4 aromatic rings. The van der Waals surface area contributed by atoms with Crippen LogP contribution in [-0.2, 0) is 16.0 Å². The predicted molar refractivity (Wildman–Crippen MR) is 193 cm³/mol. The van der Waals surface area contributed by atoms with E-state index < -0.39 is 6.04 Å². The third-order valence-corrected chi connectivity index (χ3v) is 10.5. The molecule has 2 heterocycles. The molecule has 12 nitrogen and oxygen atoms in total. The summed E-state index contributed by atoms with van der Waals surface area (Å²) in [6.45, 7) is 4.59. The van der Waals surface area contributed by atoms with Crippen molar-refractivity contribution in [3.8, 4) is 22.5 Å². The average Bonchev–Trinajstić information content (AvgIpc) is 3.52. The molecule has 3 amide bonds. The zero-order valence-corrected chi connectivity index (χ0v) is 28.8. The lowest BCUT2D eigenvalue weighted by molar-refractivity contribution is -0.130. The number of amides is 3. The number of carbonyl (C=O) groups excluding carboxylic acids is 3. The fourth-order valence-electron chi connectivity index (χ4n) is 7.42. The minimum atomic E-state index is -0.807. The van der Waals surface area contributed by atoms with Gasteiger partial charge in [-0.1, -0.05) is 30.3 Å². The van der Waals surface area contributed by atoms with E-state index in [9.17, 15) is 14.4 Å². The smallest absolute Gasteiger partial charge is 0.251 e. The van der Waals surface area contributed by atoms with Crippen LogP contribution >= 0.6 is 12.4 Å². The number of piperidine rings is 1. The zero-order valence-electron chi connectivity index (χ0n) is 28.0. The first-order chi connectivity index (χ1) is 23.9. The van der Waals surface area contributed by atoms with E-state index in [0.717, 1.165) is 66.6 Å². The van der Waals surface area contributed by atoms with Gasteiger partial charge in [-0.25, -0.2) is 5.10 Å². The summed E-state index contributed by atoms with van der Waals surface area (Å²) >= 11 is 0. The maximum Gasteiger partial charge on any atom is 0.251 e. The Morgan fingerprint density at radius 3 is 2.40 bits per heavy atom. The Morgan fingerprint density at radius 1 is 0.940 bits per heavy atom. The zero-order chi connectivity index (χ0) is 33.9. The van der Waals surface area contributed by atoms with Crippen LogP contribution in [0.1, 0.15) is 47.2 Å². The van der Waals surface area contributed by atoms with Crippen molar-refractivity contribution < 1.29 is 14.4 Å². The van der Waals surface area contributed by atoms with E-state index in [4.69, 9.17) is 5.73 Å². The summed E-state index contributed by atoms with van der Waals surface area (Å²) in [6.07, 6.45) is 3.64. The van der Waals surface area contributed by atoms with Gasteiger partial charge in [-0.05, 0) is 126 Å². The van der Waals surface area contributed by atoms with Crippen molar-refractivity contribution in [2.75, 3.05) is 25.0 Å². The van der Waals surface area contributed by atoms with Crippen LogP contribution in [0.15, 0.2) is 66.7 Å². The molecule has 50 heavy (non-hydrogen) atoms. The SMILES string of the molecule is Cc1ccc(C(=O)NC2C3CNCC32)cc1-c1cccc(C[C@H](NC(=O)[C@H]2CC[C@H](CN)CC2)C(=O)Nc2ccc(-c3nnn[nH]3)cc2)c1.Cl. The van der Waals surface area contributed by atoms with Gasteiger partial charge < -0.3 is 27.0 Å². The maximum absolute atomic E-state index is 13.8. The molecule has 2 saturated carbocycles. The highest BCUT2D eigenvalue weighted by atomic mass is 35.5. The molecule has 3 aromatic carbocycles. The van der Waals surface area contributed by atoms with Crippen molar-refractivity contribution in [2.45, 2.75) is 51.1 Å². The fourth-order valence-corrected chi connectivity index (χ4v) is 7.42. The number of carbonyl (C=O) groups is 3. The number of hydrogen-bond acceptors (Lipinski definition) is 8. The number of nitrogens with zero attached hydrogens (tertiary/aromatic N) is 3. The summed E-state index contributed by atoms with van der Waals surface area (Å²) in [5.74, 6) is 1.42. The van der Waals surface area contributed by atoms with Gasteiger partial charge in [-0.3, -0.25) is 14.4 Å². The molecular formula is C37H44ClN9O3. The molecule has 0 spiro atoms. The fraction of sp³-hybridized carbons (Fsp3) is 0.405. The maximum atomic E-state index is 13.8. The van der Waals surface area contributed by atoms with Gasteiger partial charge in [0.2, 0.25) is 11.8 Å². The van der Waals surface area contributed by atoms with Crippen LogP contribution in [-0.4, -0.2) is 70.1 Å². The Labute approximate surface area is 297 Å². The molecule has 0 radical (unpaired) electrons. The largest absolute Gasteiger partial charge is 0.349 e. The van der Waals surface area contributed by atoms with Crippen LogP contribution < -0.4 is 27.0 Å². The molecule has 3 atom stereocenters. The van der Waals surface area contributed by atoms with Crippen molar-refractivity contribution in [3.05, 3.63) is 83.4 Å². The van der Waals surface area contributed by atoms with Gasteiger partial charge in [0.1, 0.15) is 6.04 Å². The lowest BCUT2D eigenvalue weighted by Crippen LogP contribution is -2.48. The number of anilines is 1. The van der Waals surface area contributed by atoms with Gasteiger partial charge in [-0.15, -0.1) is 17.5 Å². The minimum Gasteiger partial charge on any atom is -0.349 e. The number of rotatable bonds is 11. The van der Waals surface area contributed by atoms with E-state index in [2.05, 4.69) is 41.9 Å². The number of benzene rings is 3. The molecule has 13 heteroatoms. The van der Waals surface area contributed by atoms with Crippen LogP contribution in [0, 0.1) is 30.6 Å². The first-order valence-electron chi connectivity index (χ1n) is 17.2. The molecule has 7 N–H and O–H groups in total. The second-order valence-corrected chi connectivity index (χ2v) is 13.8. The van der Waals surface area contributed by atoms with Crippen LogP contribution in [0.5, 0.6) is 0 Å². The third kappa shape index (κ3) is 7.88. The number of nitrogens with two attached hydrogens (primary N) is 1. The monoisotopic (exact) mass is 697 g/mol. The minimum absolute atomic E-state index is 0.